The Kier molecular flexibility index (Phi) is 4.39. The van der Waals surface area contributed by atoms with E-state index in [0.717, 1.165) is 31.9 Å². The molecule has 0 aromatic heterocycles. The molecule has 22 heavy (non-hydrogen) atoms. The molecule has 1 atom stereocenters. The molecule has 1 saturated carbocycles. The van der Waals surface area contributed by atoms with Gasteiger partial charge in [0.2, 0.25) is 5.91 Å². The second-order valence-corrected chi connectivity index (χ2v) is 6.90. The minimum atomic E-state index is 0.168. The van der Waals surface area contributed by atoms with Crippen LogP contribution in [0.2, 0.25) is 0 Å². The third-order valence-electron chi connectivity index (χ3n) is 4.91. The highest BCUT2D eigenvalue weighted by molar-refractivity contribution is 5.99. The van der Waals surface area contributed by atoms with E-state index in [0.29, 0.717) is 11.8 Å². The van der Waals surface area contributed by atoms with E-state index in [4.69, 9.17) is 0 Å². The fraction of sp³-hybridized carbons (Fsp3) is 0.611. The molecular formula is C18H27N3O. The van der Waals surface area contributed by atoms with E-state index in [2.05, 4.69) is 49.0 Å². The standard InChI is InChI=1S/C18H27N3O/c1-14(15-8-9-15)18(22)21-13-12-20(11-10-19(2)3)16-6-4-5-7-17(16)21/h4-7,14-15H,8-13H2,1-3H3. The van der Waals surface area contributed by atoms with Gasteiger partial charge in [-0.2, -0.15) is 0 Å². The lowest BCUT2D eigenvalue weighted by Crippen LogP contribution is -2.47. The molecule has 1 aromatic rings. The lowest BCUT2D eigenvalue weighted by atomic mass is 10.0. The monoisotopic (exact) mass is 301 g/mol. The minimum absolute atomic E-state index is 0.168. The summed E-state index contributed by atoms with van der Waals surface area (Å²) in [7, 11) is 4.20. The van der Waals surface area contributed by atoms with E-state index in [1.807, 2.05) is 11.0 Å². The van der Waals surface area contributed by atoms with Crippen LogP contribution < -0.4 is 9.80 Å². The SMILES string of the molecule is CC(C(=O)N1CCN(CCN(C)C)c2ccccc21)C1CC1. The van der Waals surface area contributed by atoms with Gasteiger partial charge in [-0.05, 0) is 45.0 Å². The first-order chi connectivity index (χ1) is 10.6. The van der Waals surface area contributed by atoms with E-state index in [9.17, 15) is 4.79 Å². The molecule has 1 heterocycles. The number of fused-ring (bicyclic) bond motifs is 1. The fourth-order valence-corrected chi connectivity index (χ4v) is 3.25. The average Bonchev–Trinajstić information content (AvgIpc) is 3.36. The van der Waals surface area contributed by atoms with Crippen molar-refractivity contribution >= 4 is 17.3 Å². The van der Waals surface area contributed by atoms with Gasteiger partial charge in [0.05, 0.1) is 11.4 Å². The highest BCUT2D eigenvalue weighted by atomic mass is 16.2. The molecule has 1 amide bonds. The van der Waals surface area contributed by atoms with E-state index in [1.165, 1.54) is 18.5 Å². The van der Waals surface area contributed by atoms with Crippen LogP contribution in [-0.2, 0) is 4.79 Å². The number of anilines is 2. The van der Waals surface area contributed by atoms with Crippen molar-refractivity contribution < 1.29 is 4.79 Å². The van der Waals surface area contributed by atoms with Gasteiger partial charge in [0, 0.05) is 32.1 Å². The van der Waals surface area contributed by atoms with Crippen molar-refractivity contribution in [2.24, 2.45) is 11.8 Å². The molecule has 1 aromatic carbocycles. The molecule has 3 rings (SSSR count). The van der Waals surface area contributed by atoms with Crippen LogP contribution in [0.4, 0.5) is 11.4 Å². The maximum absolute atomic E-state index is 12.8. The number of hydrogen-bond acceptors (Lipinski definition) is 3. The first-order valence-electron chi connectivity index (χ1n) is 8.38. The molecule has 2 aliphatic rings. The van der Waals surface area contributed by atoms with Crippen LogP contribution in [0.5, 0.6) is 0 Å². The Balaban J connectivity index is 1.79. The second-order valence-electron chi connectivity index (χ2n) is 6.90. The predicted octanol–water partition coefficient (Wildman–Crippen LogP) is 2.45. The van der Waals surface area contributed by atoms with Gasteiger partial charge < -0.3 is 14.7 Å². The summed E-state index contributed by atoms with van der Waals surface area (Å²) in [6.45, 7) is 5.86. The molecule has 0 spiro atoms. The second kappa shape index (κ2) is 6.29. The molecular weight excluding hydrogens is 274 g/mol. The normalized spacial score (nSPS) is 19.3. The van der Waals surface area contributed by atoms with Gasteiger partial charge >= 0.3 is 0 Å². The molecule has 4 heteroatoms. The van der Waals surface area contributed by atoms with E-state index < -0.39 is 0 Å². The number of carbonyl (C=O) groups is 1. The number of carbonyl (C=O) groups excluding carboxylic acids is 1. The Morgan fingerprint density at radius 3 is 2.55 bits per heavy atom. The van der Waals surface area contributed by atoms with Crippen molar-refractivity contribution in [1.82, 2.24) is 4.90 Å². The maximum Gasteiger partial charge on any atom is 0.230 e. The van der Waals surface area contributed by atoms with Crippen LogP contribution in [0.25, 0.3) is 0 Å². The summed E-state index contributed by atoms with van der Waals surface area (Å²) in [4.78, 5) is 19.4. The number of hydrogen-bond donors (Lipinski definition) is 0. The van der Waals surface area contributed by atoms with Gasteiger partial charge in [0.25, 0.3) is 0 Å². The van der Waals surface area contributed by atoms with E-state index in [1.54, 1.807) is 0 Å². The Morgan fingerprint density at radius 1 is 1.23 bits per heavy atom. The largest absolute Gasteiger partial charge is 0.367 e. The summed E-state index contributed by atoms with van der Waals surface area (Å²) in [5, 5.41) is 0. The van der Waals surface area contributed by atoms with Crippen LogP contribution in [0.3, 0.4) is 0 Å². The molecule has 1 unspecified atom stereocenters. The van der Waals surface area contributed by atoms with E-state index in [-0.39, 0.29) is 5.92 Å². The van der Waals surface area contributed by atoms with Crippen molar-refractivity contribution in [2.45, 2.75) is 19.8 Å². The summed E-state index contributed by atoms with van der Waals surface area (Å²) < 4.78 is 0. The molecule has 1 aliphatic carbocycles. The van der Waals surface area contributed by atoms with Crippen LogP contribution in [0.1, 0.15) is 19.8 Å². The van der Waals surface area contributed by atoms with Gasteiger partial charge in [-0.15, -0.1) is 0 Å². The number of nitrogens with zero attached hydrogens (tertiary/aromatic N) is 3. The summed E-state index contributed by atoms with van der Waals surface area (Å²) >= 11 is 0. The molecule has 0 radical (unpaired) electrons. The van der Waals surface area contributed by atoms with Crippen molar-refractivity contribution in [3.63, 3.8) is 0 Å². The predicted molar refractivity (Wildman–Crippen MR) is 91.5 cm³/mol. The van der Waals surface area contributed by atoms with Gasteiger partial charge in [-0.3, -0.25) is 4.79 Å². The number of amides is 1. The van der Waals surface area contributed by atoms with Crippen molar-refractivity contribution in [3.8, 4) is 0 Å². The van der Waals surface area contributed by atoms with Gasteiger partial charge in [-0.25, -0.2) is 0 Å². The topological polar surface area (TPSA) is 26.8 Å². The zero-order valence-corrected chi connectivity index (χ0v) is 14.0. The first-order valence-corrected chi connectivity index (χ1v) is 8.38. The number of likely N-dealkylation sites (N-methyl/N-ethyl adjacent to an activating group) is 1. The Bertz CT molecular complexity index is 539. The third-order valence-corrected chi connectivity index (χ3v) is 4.91. The van der Waals surface area contributed by atoms with Gasteiger partial charge in [-0.1, -0.05) is 19.1 Å². The van der Waals surface area contributed by atoms with Crippen molar-refractivity contribution in [3.05, 3.63) is 24.3 Å². The number of benzene rings is 1. The van der Waals surface area contributed by atoms with Gasteiger partial charge in [0.15, 0.2) is 0 Å². The van der Waals surface area contributed by atoms with Crippen LogP contribution in [0.15, 0.2) is 24.3 Å². The zero-order valence-electron chi connectivity index (χ0n) is 14.0. The smallest absolute Gasteiger partial charge is 0.230 e. The molecule has 1 fully saturated rings. The van der Waals surface area contributed by atoms with Crippen molar-refractivity contribution in [1.29, 1.82) is 0 Å². The molecule has 0 N–H and O–H groups in total. The van der Waals surface area contributed by atoms with Crippen LogP contribution in [-0.4, -0.2) is 51.1 Å². The number of para-hydroxylation sites is 2. The third kappa shape index (κ3) is 3.12. The zero-order chi connectivity index (χ0) is 15.7. The molecule has 1 aliphatic heterocycles. The quantitative estimate of drug-likeness (QED) is 0.836. The van der Waals surface area contributed by atoms with E-state index >= 15 is 0 Å². The fourth-order valence-electron chi connectivity index (χ4n) is 3.25. The highest BCUT2D eigenvalue weighted by Crippen LogP contribution is 2.40. The molecule has 0 saturated heterocycles. The Hall–Kier alpha value is -1.55. The van der Waals surface area contributed by atoms with Gasteiger partial charge in [0.1, 0.15) is 0 Å². The Morgan fingerprint density at radius 2 is 1.91 bits per heavy atom. The average molecular weight is 301 g/mol. The molecule has 120 valence electrons. The molecule has 4 nitrogen and oxygen atoms in total. The summed E-state index contributed by atoms with van der Waals surface area (Å²) in [6, 6.07) is 8.34. The minimum Gasteiger partial charge on any atom is -0.367 e. The maximum atomic E-state index is 12.8. The summed E-state index contributed by atoms with van der Waals surface area (Å²) in [6.07, 6.45) is 2.44. The lowest BCUT2D eigenvalue weighted by molar-refractivity contribution is -0.122. The lowest BCUT2D eigenvalue weighted by Gasteiger charge is -2.39. The number of rotatable bonds is 5. The Labute approximate surface area is 133 Å². The summed E-state index contributed by atoms with van der Waals surface area (Å²) in [5.74, 6) is 1.09. The highest BCUT2D eigenvalue weighted by Gasteiger charge is 2.37. The molecule has 0 bridgehead atoms. The van der Waals surface area contributed by atoms with Crippen molar-refractivity contribution in [2.75, 3.05) is 50.1 Å². The first kappa shape index (κ1) is 15.3. The van der Waals surface area contributed by atoms with Crippen LogP contribution >= 0.6 is 0 Å². The summed E-state index contributed by atoms with van der Waals surface area (Å²) in [5.41, 5.74) is 2.29. The van der Waals surface area contributed by atoms with Crippen LogP contribution in [0, 0.1) is 11.8 Å².